The second-order valence-corrected chi connectivity index (χ2v) is 6.80. The van der Waals surface area contributed by atoms with Crippen molar-refractivity contribution in [2.24, 2.45) is 11.3 Å². The first-order chi connectivity index (χ1) is 9.20. The molecule has 1 atom stereocenters. The fourth-order valence-corrected chi connectivity index (χ4v) is 2.32. The number of amides is 1. The summed E-state index contributed by atoms with van der Waals surface area (Å²) in [4.78, 5) is 24.8. The van der Waals surface area contributed by atoms with E-state index >= 15 is 0 Å². The van der Waals surface area contributed by atoms with Crippen molar-refractivity contribution in [2.75, 3.05) is 13.1 Å². The van der Waals surface area contributed by atoms with E-state index in [1.165, 1.54) is 0 Å². The van der Waals surface area contributed by atoms with Crippen molar-refractivity contribution < 1.29 is 14.7 Å². The lowest BCUT2D eigenvalue weighted by molar-refractivity contribution is -0.137. The fraction of sp³-hybridized carbons (Fsp3) is 0.750. The molecule has 1 heterocycles. The van der Waals surface area contributed by atoms with Crippen LogP contribution in [0.3, 0.4) is 0 Å². The zero-order valence-corrected chi connectivity index (χ0v) is 13.1. The molecule has 1 amide bonds. The average molecular weight is 281 g/mol. The topological polar surface area (TPSA) is 57.6 Å². The van der Waals surface area contributed by atoms with Gasteiger partial charge in [-0.2, -0.15) is 0 Å². The van der Waals surface area contributed by atoms with E-state index in [0.29, 0.717) is 18.9 Å². The molecule has 4 heteroatoms. The second kappa shape index (κ2) is 6.91. The van der Waals surface area contributed by atoms with Crippen LogP contribution in [0, 0.1) is 11.3 Å². The molecule has 1 aliphatic rings. The fourth-order valence-electron chi connectivity index (χ4n) is 2.32. The van der Waals surface area contributed by atoms with Crippen LogP contribution in [0.5, 0.6) is 0 Å². The Kier molecular flexibility index (Phi) is 5.78. The Morgan fingerprint density at radius 1 is 1.35 bits per heavy atom. The van der Waals surface area contributed by atoms with E-state index in [2.05, 4.69) is 20.8 Å². The molecule has 1 rings (SSSR count). The van der Waals surface area contributed by atoms with Crippen LogP contribution in [0.1, 0.15) is 53.4 Å². The van der Waals surface area contributed by atoms with Gasteiger partial charge in [0.1, 0.15) is 0 Å². The van der Waals surface area contributed by atoms with Crippen molar-refractivity contribution >= 4 is 11.9 Å². The van der Waals surface area contributed by atoms with E-state index in [4.69, 9.17) is 5.11 Å². The van der Waals surface area contributed by atoms with Gasteiger partial charge in [0.05, 0.1) is 0 Å². The van der Waals surface area contributed by atoms with Crippen molar-refractivity contribution in [3.63, 3.8) is 0 Å². The summed E-state index contributed by atoms with van der Waals surface area (Å²) in [6, 6.07) is 0. The summed E-state index contributed by atoms with van der Waals surface area (Å²) >= 11 is 0. The van der Waals surface area contributed by atoms with Crippen LogP contribution in [-0.2, 0) is 9.59 Å². The molecule has 1 N–H and O–H groups in total. The largest absolute Gasteiger partial charge is 0.481 e. The third kappa shape index (κ3) is 5.35. The van der Waals surface area contributed by atoms with Crippen molar-refractivity contribution in [2.45, 2.75) is 53.4 Å². The number of carboxylic acid groups (broad SMARTS) is 1. The first-order valence-corrected chi connectivity index (χ1v) is 7.39. The smallest absolute Gasteiger partial charge is 0.303 e. The van der Waals surface area contributed by atoms with Gasteiger partial charge in [-0.05, 0) is 37.5 Å². The molecule has 0 radical (unpaired) electrons. The molecule has 20 heavy (non-hydrogen) atoms. The molecule has 0 aromatic carbocycles. The molecule has 0 spiro atoms. The molecule has 114 valence electrons. The molecular weight excluding hydrogens is 254 g/mol. The lowest BCUT2D eigenvalue weighted by Crippen LogP contribution is -2.39. The Hall–Kier alpha value is -1.32. The zero-order chi connectivity index (χ0) is 15.3. The zero-order valence-electron chi connectivity index (χ0n) is 13.1. The Morgan fingerprint density at radius 3 is 2.55 bits per heavy atom. The first-order valence-electron chi connectivity index (χ1n) is 7.39. The molecule has 0 aliphatic carbocycles. The lowest BCUT2D eigenvalue weighted by atomic mass is 9.87. The summed E-state index contributed by atoms with van der Waals surface area (Å²) in [5.74, 6) is -0.360. The van der Waals surface area contributed by atoms with Gasteiger partial charge in [-0.25, -0.2) is 0 Å². The highest BCUT2D eigenvalue weighted by molar-refractivity contribution is 5.88. The molecular formula is C16H27NO3. The van der Waals surface area contributed by atoms with E-state index in [1.807, 2.05) is 11.8 Å². The number of nitrogens with zero attached hydrogens (tertiary/aromatic N) is 1. The molecule has 1 saturated heterocycles. The number of piperidine rings is 1. The minimum absolute atomic E-state index is 0.00809. The van der Waals surface area contributed by atoms with Crippen molar-refractivity contribution in [3.8, 4) is 0 Å². The minimum Gasteiger partial charge on any atom is -0.481 e. The Balaban J connectivity index is 2.58. The van der Waals surface area contributed by atoms with Gasteiger partial charge in [-0.1, -0.05) is 26.3 Å². The summed E-state index contributed by atoms with van der Waals surface area (Å²) in [6.07, 6.45) is 4.60. The predicted octanol–water partition coefficient (Wildman–Crippen LogP) is 3.08. The van der Waals surface area contributed by atoms with Gasteiger partial charge < -0.3 is 10.0 Å². The maximum Gasteiger partial charge on any atom is 0.303 e. The average Bonchev–Trinajstić information content (AvgIpc) is 2.35. The van der Waals surface area contributed by atoms with Crippen molar-refractivity contribution in [1.29, 1.82) is 0 Å². The van der Waals surface area contributed by atoms with Gasteiger partial charge in [0, 0.05) is 25.6 Å². The predicted molar refractivity (Wildman–Crippen MR) is 79.4 cm³/mol. The number of carboxylic acids is 1. The summed E-state index contributed by atoms with van der Waals surface area (Å²) in [6.45, 7) is 9.76. The van der Waals surface area contributed by atoms with Gasteiger partial charge in [-0.3, -0.25) is 9.59 Å². The molecule has 0 aromatic heterocycles. The van der Waals surface area contributed by atoms with Crippen LogP contribution >= 0.6 is 0 Å². The van der Waals surface area contributed by atoms with Crippen molar-refractivity contribution in [3.05, 3.63) is 11.6 Å². The number of allylic oxidation sites excluding steroid dienone is 1. The van der Waals surface area contributed by atoms with Crippen molar-refractivity contribution in [1.82, 2.24) is 4.90 Å². The number of carbonyl (C=O) groups excluding carboxylic acids is 1. The third-order valence-electron chi connectivity index (χ3n) is 4.12. The van der Waals surface area contributed by atoms with E-state index < -0.39 is 5.97 Å². The quantitative estimate of drug-likeness (QED) is 0.806. The van der Waals surface area contributed by atoms with Crippen LogP contribution in [0.4, 0.5) is 0 Å². The normalized spacial score (nSPS) is 20.9. The second-order valence-electron chi connectivity index (χ2n) is 6.80. The van der Waals surface area contributed by atoms with E-state index in [1.54, 1.807) is 6.08 Å². The van der Waals surface area contributed by atoms with Crippen LogP contribution in [0.15, 0.2) is 11.6 Å². The Bertz CT molecular complexity index is 393. The number of hydrogen-bond acceptors (Lipinski definition) is 2. The van der Waals surface area contributed by atoms with Gasteiger partial charge in [-0.15, -0.1) is 0 Å². The molecule has 0 aromatic rings. The number of aliphatic carboxylic acids is 1. The van der Waals surface area contributed by atoms with E-state index in [9.17, 15) is 9.59 Å². The number of carbonyl (C=O) groups is 2. The van der Waals surface area contributed by atoms with Gasteiger partial charge in [0.15, 0.2) is 0 Å². The van der Waals surface area contributed by atoms with E-state index in [0.717, 1.165) is 25.0 Å². The minimum atomic E-state index is -0.753. The molecule has 1 aliphatic heterocycles. The summed E-state index contributed by atoms with van der Waals surface area (Å²) in [5.41, 5.74) is 1.09. The molecule has 1 fully saturated rings. The molecule has 4 nitrogen and oxygen atoms in total. The monoisotopic (exact) mass is 281 g/mol. The van der Waals surface area contributed by atoms with Gasteiger partial charge in [0.25, 0.3) is 0 Å². The molecule has 0 bridgehead atoms. The highest BCUT2D eigenvalue weighted by Gasteiger charge is 2.24. The Labute approximate surface area is 121 Å². The SMILES string of the molecule is C/C(=C/C(=O)N1CCC[C@@H](CCC(=O)O)C1)C(C)(C)C. The number of likely N-dealkylation sites (tertiary alicyclic amines) is 1. The van der Waals surface area contributed by atoms with Crippen LogP contribution in [0.25, 0.3) is 0 Å². The summed E-state index contributed by atoms with van der Waals surface area (Å²) in [5, 5.41) is 8.74. The van der Waals surface area contributed by atoms with Crippen LogP contribution < -0.4 is 0 Å². The standard InChI is InChI=1S/C16H27NO3/c1-12(16(2,3)4)10-14(18)17-9-5-6-13(11-17)7-8-15(19)20/h10,13H,5-9,11H2,1-4H3,(H,19,20)/b12-10-/t13-/m0/s1. The maximum absolute atomic E-state index is 12.3. The van der Waals surface area contributed by atoms with Gasteiger partial charge >= 0.3 is 5.97 Å². The van der Waals surface area contributed by atoms with E-state index in [-0.39, 0.29) is 17.7 Å². The number of rotatable bonds is 4. The van der Waals surface area contributed by atoms with Crippen LogP contribution in [0.2, 0.25) is 0 Å². The summed E-state index contributed by atoms with van der Waals surface area (Å²) in [7, 11) is 0. The lowest BCUT2D eigenvalue weighted by Gasteiger charge is -2.32. The third-order valence-corrected chi connectivity index (χ3v) is 4.12. The Morgan fingerprint density at radius 2 is 2.00 bits per heavy atom. The highest BCUT2D eigenvalue weighted by Crippen LogP contribution is 2.26. The van der Waals surface area contributed by atoms with Crippen LogP contribution in [-0.4, -0.2) is 35.0 Å². The number of hydrogen-bond donors (Lipinski definition) is 1. The highest BCUT2D eigenvalue weighted by atomic mass is 16.4. The molecule has 0 unspecified atom stereocenters. The maximum atomic E-state index is 12.3. The summed E-state index contributed by atoms with van der Waals surface area (Å²) < 4.78 is 0. The molecule has 0 saturated carbocycles. The van der Waals surface area contributed by atoms with Gasteiger partial charge in [0.2, 0.25) is 5.91 Å². The first kappa shape index (κ1) is 16.7.